The summed E-state index contributed by atoms with van der Waals surface area (Å²) in [6, 6.07) is 9.20. The summed E-state index contributed by atoms with van der Waals surface area (Å²) in [5.74, 6) is 1.66. The van der Waals surface area contributed by atoms with Gasteiger partial charge in [-0.3, -0.25) is 0 Å². The number of halogens is 3. The molecule has 0 saturated carbocycles. The third-order valence-electron chi connectivity index (χ3n) is 4.87. The molecule has 26 heavy (non-hydrogen) atoms. The summed E-state index contributed by atoms with van der Waals surface area (Å²) in [4.78, 5) is 8.96. The van der Waals surface area contributed by atoms with Gasteiger partial charge >= 0.3 is 0 Å². The minimum Gasteiger partial charge on any atom is -0.368 e. The Bertz CT molecular complexity index is 666. The third-order valence-corrected chi connectivity index (χ3v) is 5.40. The van der Waals surface area contributed by atoms with Gasteiger partial charge in [-0.1, -0.05) is 35.0 Å². The lowest BCUT2D eigenvalue weighted by Crippen LogP contribution is -2.49. The first-order valence-electron chi connectivity index (χ1n) is 8.40. The van der Waals surface area contributed by atoms with Crippen molar-refractivity contribution in [3.63, 3.8) is 0 Å². The average molecular weight is 466 g/mol. The Morgan fingerprint density at radius 3 is 2.58 bits per heavy atom. The molecule has 2 atom stereocenters. The Morgan fingerprint density at radius 2 is 2.00 bits per heavy atom. The number of nitrogens with two attached hydrogens (primary N) is 1. The molecule has 0 bridgehead atoms. The van der Waals surface area contributed by atoms with Gasteiger partial charge < -0.3 is 15.5 Å². The van der Waals surface area contributed by atoms with Gasteiger partial charge in [0.1, 0.15) is 0 Å². The van der Waals surface area contributed by atoms with Crippen LogP contribution in [0.4, 0.5) is 11.9 Å². The number of rotatable bonds is 5. The van der Waals surface area contributed by atoms with E-state index in [1.807, 2.05) is 0 Å². The lowest BCUT2D eigenvalue weighted by molar-refractivity contribution is 0.160. The third kappa shape index (κ3) is 5.74. The first kappa shape index (κ1) is 23.0. The van der Waals surface area contributed by atoms with Gasteiger partial charge in [0, 0.05) is 30.1 Å². The molecule has 1 aliphatic heterocycles. The number of H-pyrrole nitrogens is 1. The molecule has 1 saturated heterocycles. The van der Waals surface area contributed by atoms with Crippen LogP contribution in [-0.2, 0) is 6.42 Å². The SMILES string of the molecule is CC1CN(c2n[nH]c(N)n2)CCC1N(C)CCc1ccc(Br)cc1.Cl.Cl. The summed E-state index contributed by atoms with van der Waals surface area (Å²) < 4.78 is 1.13. The van der Waals surface area contributed by atoms with Crippen LogP contribution in [0, 0.1) is 5.92 Å². The number of nitrogens with one attached hydrogen (secondary N) is 1. The molecule has 2 unspecified atom stereocenters. The van der Waals surface area contributed by atoms with Gasteiger partial charge in [0.25, 0.3) is 0 Å². The molecule has 2 heterocycles. The molecular formula is C17H27BrCl2N6. The van der Waals surface area contributed by atoms with Gasteiger partial charge in [0.2, 0.25) is 11.9 Å². The van der Waals surface area contributed by atoms with E-state index in [0.717, 1.165) is 42.9 Å². The van der Waals surface area contributed by atoms with E-state index in [2.05, 4.69) is 79.1 Å². The molecule has 9 heteroatoms. The minimum absolute atomic E-state index is 0. The molecule has 0 amide bonds. The Balaban J connectivity index is 0.00000169. The van der Waals surface area contributed by atoms with Crippen molar-refractivity contribution in [3.05, 3.63) is 34.3 Å². The number of aromatic amines is 1. The highest BCUT2D eigenvalue weighted by Gasteiger charge is 2.30. The molecule has 0 spiro atoms. The molecule has 0 aliphatic carbocycles. The average Bonchev–Trinajstić information content (AvgIpc) is 3.00. The maximum atomic E-state index is 5.63. The summed E-state index contributed by atoms with van der Waals surface area (Å²) >= 11 is 3.49. The van der Waals surface area contributed by atoms with Crippen LogP contribution < -0.4 is 10.6 Å². The van der Waals surface area contributed by atoms with Crippen molar-refractivity contribution in [2.45, 2.75) is 25.8 Å². The Kier molecular flexibility index (Phi) is 9.16. The van der Waals surface area contributed by atoms with E-state index >= 15 is 0 Å². The van der Waals surface area contributed by atoms with Crippen LogP contribution in [0.2, 0.25) is 0 Å². The first-order valence-corrected chi connectivity index (χ1v) is 9.19. The van der Waals surface area contributed by atoms with E-state index in [1.165, 1.54) is 5.56 Å². The van der Waals surface area contributed by atoms with Gasteiger partial charge in [-0.05, 0) is 43.5 Å². The molecule has 146 valence electrons. The van der Waals surface area contributed by atoms with Crippen LogP contribution in [0.15, 0.2) is 28.7 Å². The number of benzene rings is 1. The predicted octanol–water partition coefficient (Wildman–Crippen LogP) is 3.38. The molecule has 6 nitrogen and oxygen atoms in total. The van der Waals surface area contributed by atoms with Crippen LogP contribution in [0.3, 0.4) is 0 Å². The molecule has 1 aromatic carbocycles. The number of hydrogen-bond acceptors (Lipinski definition) is 5. The minimum atomic E-state index is 0. The summed E-state index contributed by atoms with van der Waals surface area (Å²) in [5.41, 5.74) is 7.01. The maximum absolute atomic E-state index is 5.63. The fraction of sp³-hybridized carbons (Fsp3) is 0.529. The lowest BCUT2D eigenvalue weighted by Gasteiger charge is -2.41. The lowest BCUT2D eigenvalue weighted by atomic mass is 9.92. The highest BCUT2D eigenvalue weighted by Crippen LogP contribution is 2.24. The van der Waals surface area contributed by atoms with Crippen LogP contribution in [0.1, 0.15) is 18.9 Å². The van der Waals surface area contributed by atoms with Gasteiger partial charge in [0.05, 0.1) is 0 Å². The summed E-state index contributed by atoms with van der Waals surface area (Å²) in [5, 5.41) is 6.89. The van der Waals surface area contributed by atoms with Gasteiger partial charge in [-0.2, -0.15) is 4.98 Å². The summed E-state index contributed by atoms with van der Waals surface area (Å²) in [6.07, 6.45) is 2.20. The number of aromatic nitrogens is 3. The van der Waals surface area contributed by atoms with Crippen molar-refractivity contribution >= 4 is 52.6 Å². The molecular weight excluding hydrogens is 439 g/mol. The smallest absolute Gasteiger partial charge is 0.246 e. The van der Waals surface area contributed by atoms with Crippen molar-refractivity contribution in [2.75, 3.05) is 37.3 Å². The molecule has 3 N–H and O–H groups in total. The van der Waals surface area contributed by atoms with Crippen molar-refractivity contribution in [1.82, 2.24) is 20.1 Å². The number of hydrogen-bond donors (Lipinski definition) is 2. The van der Waals surface area contributed by atoms with Crippen LogP contribution in [0.5, 0.6) is 0 Å². The van der Waals surface area contributed by atoms with Crippen molar-refractivity contribution < 1.29 is 0 Å². The Labute approximate surface area is 175 Å². The van der Waals surface area contributed by atoms with Crippen molar-refractivity contribution in [1.29, 1.82) is 0 Å². The van der Waals surface area contributed by atoms with E-state index in [9.17, 15) is 0 Å². The highest BCUT2D eigenvalue weighted by atomic mass is 79.9. The summed E-state index contributed by atoms with van der Waals surface area (Å²) in [6.45, 7) is 5.31. The topological polar surface area (TPSA) is 74.1 Å². The number of piperidine rings is 1. The van der Waals surface area contributed by atoms with Gasteiger partial charge in [-0.15, -0.1) is 29.9 Å². The second-order valence-corrected chi connectivity index (χ2v) is 7.57. The normalized spacial score (nSPS) is 19.8. The molecule has 3 rings (SSSR count). The summed E-state index contributed by atoms with van der Waals surface area (Å²) in [7, 11) is 2.24. The number of anilines is 2. The zero-order chi connectivity index (χ0) is 17.1. The second-order valence-electron chi connectivity index (χ2n) is 6.66. The zero-order valence-corrected chi connectivity index (χ0v) is 18.3. The molecule has 1 aliphatic rings. The van der Waals surface area contributed by atoms with Gasteiger partial charge in [-0.25, -0.2) is 5.10 Å². The van der Waals surface area contributed by atoms with E-state index in [4.69, 9.17) is 5.73 Å². The Hall–Kier alpha value is -1.02. The standard InChI is InChI=1S/C17H25BrN6.2ClH/c1-12-11-24(17-20-16(19)21-22-17)10-8-15(12)23(2)9-7-13-3-5-14(18)6-4-13;;/h3-6,12,15H,7-11H2,1-2H3,(H3,19,20,21,22);2*1H. The number of likely N-dealkylation sites (N-methyl/N-ethyl adjacent to an activating group) is 1. The van der Waals surface area contributed by atoms with Crippen LogP contribution in [0.25, 0.3) is 0 Å². The predicted molar refractivity (Wildman–Crippen MR) is 116 cm³/mol. The molecule has 2 aromatic rings. The highest BCUT2D eigenvalue weighted by molar-refractivity contribution is 9.10. The quantitative estimate of drug-likeness (QED) is 0.707. The van der Waals surface area contributed by atoms with Crippen molar-refractivity contribution in [2.24, 2.45) is 5.92 Å². The number of nitrogens with zero attached hydrogens (tertiary/aromatic N) is 4. The van der Waals surface area contributed by atoms with Gasteiger partial charge in [0.15, 0.2) is 0 Å². The zero-order valence-electron chi connectivity index (χ0n) is 15.1. The first-order chi connectivity index (χ1) is 11.5. The van der Waals surface area contributed by atoms with Crippen LogP contribution in [-0.4, -0.2) is 52.8 Å². The molecule has 0 radical (unpaired) electrons. The molecule has 1 aromatic heterocycles. The van der Waals surface area contributed by atoms with E-state index < -0.39 is 0 Å². The second kappa shape index (κ2) is 10.3. The van der Waals surface area contributed by atoms with E-state index in [1.54, 1.807) is 0 Å². The number of nitrogen functional groups attached to an aromatic ring is 1. The Morgan fingerprint density at radius 1 is 1.31 bits per heavy atom. The molecule has 1 fully saturated rings. The van der Waals surface area contributed by atoms with E-state index in [-0.39, 0.29) is 24.8 Å². The fourth-order valence-electron chi connectivity index (χ4n) is 3.50. The maximum Gasteiger partial charge on any atom is 0.246 e. The largest absolute Gasteiger partial charge is 0.368 e. The monoisotopic (exact) mass is 464 g/mol. The van der Waals surface area contributed by atoms with E-state index in [0.29, 0.717) is 17.9 Å². The van der Waals surface area contributed by atoms with Crippen LogP contribution >= 0.6 is 40.7 Å². The van der Waals surface area contributed by atoms with Crippen molar-refractivity contribution in [3.8, 4) is 0 Å². The fourth-order valence-corrected chi connectivity index (χ4v) is 3.76.